The minimum Gasteiger partial charge on any atom is -0.490 e. The van der Waals surface area contributed by atoms with Crippen LogP contribution in [0.25, 0.3) is 11.2 Å². The van der Waals surface area contributed by atoms with E-state index in [-0.39, 0.29) is 29.6 Å². The van der Waals surface area contributed by atoms with Gasteiger partial charge in [-0.15, -0.1) is 0 Å². The Balaban J connectivity index is 1.08. The monoisotopic (exact) mass is 603 g/mol. The molecule has 2 aromatic heterocycles. The number of halogens is 2. The quantitative estimate of drug-likeness (QED) is 0.214. The highest BCUT2D eigenvalue weighted by Gasteiger charge is 2.43. The van der Waals surface area contributed by atoms with Crippen LogP contribution in [0.5, 0.6) is 11.5 Å². The van der Waals surface area contributed by atoms with Crippen molar-refractivity contribution in [2.45, 2.75) is 57.9 Å². The number of ether oxygens (including phenoxy) is 2. The van der Waals surface area contributed by atoms with Gasteiger partial charge in [-0.25, -0.2) is 19.2 Å². The number of carboxylic acid groups (broad SMARTS) is 1. The zero-order chi connectivity index (χ0) is 30.0. The van der Waals surface area contributed by atoms with Crippen molar-refractivity contribution < 1.29 is 23.8 Å². The molecule has 0 amide bonds. The summed E-state index contributed by atoms with van der Waals surface area (Å²) < 4.78 is 28.0. The minimum absolute atomic E-state index is 0.0175. The van der Waals surface area contributed by atoms with Gasteiger partial charge in [-0.2, -0.15) is 5.26 Å². The van der Waals surface area contributed by atoms with Crippen molar-refractivity contribution in [3.63, 3.8) is 0 Å². The first-order valence-electron chi connectivity index (χ1n) is 14.3. The largest absolute Gasteiger partial charge is 0.490 e. The molecular formula is C32H31ClFN5O4. The van der Waals surface area contributed by atoms with Gasteiger partial charge in [0, 0.05) is 36.5 Å². The number of carboxylic acids is 1. The Labute approximate surface area is 253 Å². The van der Waals surface area contributed by atoms with Crippen LogP contribution >= 0.6 is 11.6 Å². The van der Waals surface area contributed by atoms with Gasteiger partial charge in [-0.05, 0) is 73.7 Å². The number of imidazole rings is 1. The summed E-state index contributed by atoms with van der Waals surface area (Å²) in [5, 5.41) is 19.2. The van der Waals surface area contributed by atoms with Gasteiger partial charge >= 0.3 is 5.97 Å². The van der Waals surface area contributed by atoms with Gasteiger partial charge in [0.25, 0.3) is 0 Å². The zero-order valence-corrected chi connectivity index (χ0v) is 24.3. The maximum atomic E-state index is 14.1. The molecule has 1 saturated carbocycles. The lowest BCUT2D eigenvalue weighted by atomic mass is 10.0. The van der Waals surface area contributed by atoms with Gasteiger partial charge < -0.3 is 19.1 Å². The third-order valence-electron chi connectivity index (χ3n) is 8.18. The molecule has 0 bridgehead atoms. The summed E-state index contributed by atoms with van der Waals surface area (Å²) in [6.45, 7) is 3.02. The zero-order valence-electron chi connectivity index (χ0n) is 23.5. The highest BCUT2D eigenvalue weighted by Crippen LogP contribution is 2.50. The molecule has 1 aliphatic carbocycles. The van der Waals surface area contributed by atoms with Crippen molar-refractivity contribution in [3.05, 3.63) is 82.5 Å². The summed E-state index contributed by atoms with van der Waals surface area (Å²) in [5.41, 5.74) is 1.97. The molecule has 0 spiro atoms. The smallest absolute Gasteiger partial charge is 0.354 e. The van der Waals surface area contributed by atoms with E-state index in [1.165, 1.54) is 18.2 Å². The van der Waals surface area contributed by atoms with E-state index in [0.717, 1.165) is 55.9 Å². The summed E-state index contributed by atoms with van der Waals surface area (Å²) in [6.07, 6.45) is 4.09. The fourth-order valence-electron chi connectivity index (χ4n) is 5.56. The van der Waals surface area contributed by atoms with Crippen LogP contribution in [0.15, 0.2) is 54.6 Å². The molecule has 0 radical (unpaired) electrons. The number of nitriles is 1. The fraction of sp³-hybridized carbons (Fsp3) is 0.375. The second kappa shape index (κ2) is 12.2. The Kier molecular flexibility index (Phi) is 8.19. The number of benzene rings is 2. The molecule has 6 rings (SSSR count). The number of likely N-dealkylation sites (tertiary alicyclic amines) is 1. The first-order valence-corrected chi connectivity index (χ1v) is 14.7. The lowest BCUT2D eigenvalue weighted by molar-refractivity contribution is 0.0691. The topological polar surface area (TPSA) is 114 Å². The predicted octanol–water partition coefficient (Wildman–Crippen LogP) is 6.24. The minimum atomic E-state index is -1.08. The molecular weight excluding hydrogens is 573 g/mol. The number of hydrogen-bond donors (Lipinski definition) is 1. The summed E-state index contributed by atoms with van der Waals surface area (Å²) in [5.74, 6) is 0.138. The van der Waals surface area contributed by atoms with Crippen LogP contribution in [-0.2, 0) is 19.7 Å². The van der Waals surface area contributed by atoms with Crippen molar-refractivity contribution in [1.82, 2.24) is 19.4 Å². The first kappa shape index (κ1) is 28.9. The number of fused-ring (bicyclic) bond motifs is 1. The molecule has 1 saturated heterocycles. The van der Waals surface area contributed by atoms with Crippen molar-refractivity contribution in [3.8, 4) is 17.6 Å². The van der Waals surface area contributed by atoms with Gasteiger partial charge in [-0.1, -0.05) is 23.7 Å². The van der Waals surface area contributed by atoms with Gasteiger partial charge in [0.1, 0.15) is 29.8 Å². The van der Waals surface area contributed by atoms with Gasteiger partial charge in [0.05, 0.1) is 12.6 Å². The Bertz CT molecular complexity index is 1690. The van der Waals surface area contributed by atoms with Crippen LogP contribution in [-0.4, -0.2) is 49.7 Å². The Morgan fingerprint density at radius 3 is 2.67 bits per heavy atom. The number of aromatic carboxylic acids is 1. The van der Waals surface area contributed by atoms with E-state index in [4.69, 9.17) is 26.1 Å². The van der Waals surface area contributed by atoms with E-state index in [1.807, 2.05) is 28.8 Å². The lowest BCUT2D eigenvalue weighted by Gasteiger charge is -2.32. The molecule has 4 aromatic rings. The number of pyridine rings is 1. The van der Waals surface area contributed by atoms with Crippen LogP contribution in [0.2, 0.25) is 5.02 Å². The average Bonchev–Trinajstić information content (AvgIpc) is 3.67. The summed E-state index contributed by atoms with van der Waals surface area (Å²) >= 11 is 5.82. The van der Waals surface area contributed by atoms with Crippen LogP contribution in [0.3, 0.4) is 0 Å². The van der Waals surface area contributed by atoms with E-state index >= 15 is 0 Å². The number of rotatable bonds is 11. The second-order valence-electron chi connectivity index (χ2n) is 11.4. The second-order valence-corrected chi connectivity index (χ2v) is 11.8. The van der Waals surface area contributed by atoms with Crippen molar-refractivity contribution in [1.29, 1.82) is 5.26 Å². The molecule has 2 aromatic carbocycles. The Morgan fingerprint density at radius 1 is 1.14 bits per heavy atom. The van der Waals surface area contributed by atoms with Crippen LogP contribution < -0.4 is 9.47 Å². The van der Waals surface area contributed by atoms with Gasteiger partial charge in [0.15, 0.2) is 22.9 Å². The normalized spacial score (nSPS) is 16.6. The number of aromatic nitrogens is 3. The summed E-state index contributed by atoms with van der Waals surface area (Å²) in [6, 6.07) is 17.5. The van der Waals surface area contributed by atoms with Crippen LogP contribution in [0.4, 0.5) is 4.39 Å². The molecule has 11 heteroatoms. The molecule has 43 heavy (non-hydrogen) atoms. The molecule has 2 fully saturated rings. The predicted molar refractivity (Wildman–Crippen MR) is 157 cm³/mol. The van der Waals surface area contributed by atoms with E-state index < -0.39 is 11.8 Å². The highest BCUT2D eigenvalue weighted by atomic mass is 35.5. The first-order chi connectivity index (χ1) is 20.8. The molecule has 1 N–H and O–H groups in total. The Morgan fingerprint density at radius 2 is 1.95 bits per heavy atom. The van der Waals surface area contributed by atoms with Gasteiger partial charge in [0.2, 0.25) is 0 Å². The third-order valence-corrected chi connectivity index (χ3v) is 8.42. The molecule has 9 nitrogen and oxygen atoms in total. The lowest BCUT2D eigenvalue weighted by Crippen LogP contribution is -2.38. The van der Waals surface area contributed by atoms with E-state index in [0.29, 0.717) is 35.7 Å². The summed E-state index contributed by atoms with van der Waals surface area (Å²) in [7, 11) is 0. The Hall–Kier alpha value is -4.20. The van der Waals surface area contributed by atoms with Gasteiger partial charge in [-0.3, -0.25) is 4.90 Å². The summed E-state index contributed by atoms with van der Waals surface area (Å²) in [4.78, 5) is 23.2. The average molecular weight is 604 g/mol. The SMILES string of the molecule is N#CCC1(Cn2c(CN3CCC(Oc4cccc(COc5ccc(Cl)cc5F)c4)CC3)nc3ccc(C(=O)O)nc32)CC1. The molecule has 222 valence electrons. The van der Waals surface area contributed by atoms with Crippen molar-refractivity contribution in [2.75, 3.05) is 13.1 Å². The standard InChI is InChI=1S/C32H31ClFN5O4/c33-22-4-7-28(25(34)17-22)42-19-21-2-1-3-24(16-21)43-23-8-14-38(15-9-23)18-29-36-26-5-6-27(31(40)41)37-30(26)39(29)20-32(10-11-32)12-13-35/h1-7,16-17,23H,8-12,14-15,18-20H2,(H,40,41). The van der Waals surface area contributed by atoms with E-state index in [2.05, 4.69) is 16.0 Å². The molecule has 3 heterocycles. The van der Waals surface area contributed by atoms with Crippen LogP contribution in [0.1, 0.15) is 54.0 Å². The molecule has 0 atom stereocenters. The highest BCUT2D eigenvalue weighted by molar-refractivity contribution is 6.30. The number of hydrogen-bond acceptors (Lipinski definition) is 7. The maximum Gasteiger partial charge on any atom is 0.354 e. The molecule has 0 unspecified atom stereocenters. The number of piperidine rings is 1. The molecule has 1 aliphatic heterocycles. The molecule has 2 aliphatic rings. The van der Waals surface area contributed by atoms with Crippen LogP contribution in [0, 0.1) is 22.6 Å². The third kappa shape index (κ3) is 6.74. The fourth-order valence-corrected chi connectivity index (χ4v) is 5.72. The number of carbonyl (C=O) groups is 1. The van der Waals surface area contributed by atoms with E-state index in [1.54, 1.807) is 12.1 Å². The van der Waals surface area contributed by atoms with Crippen molar-refractivity contribution in [2.24, 2.45) is 5.41 Å². The van der Waals surface area contributed by atoms with Crippen molar-refractivity contribution >= 4 is 28.7 Å². The van der Waals surface area contributed by atoms with E-state index in [9.17, 15) is 19.6 Å². The number of nitrogens with zero attached hydrogens (tertiary/aromatic N) is 5. The maximum absolute atomic E-state index is 14.1.